The highest BCUT2D eigenvalue weighted by atomic mass is 16.6. The van der Waals surface area contributed by atoms with Gasteiger partial charge in [0.05, 0.1) is 48.1 Å². The molecule has 6 rings (SSSR count). The number of amides is 1. The van der Waals surface area contributed by atoms with Crippen LogP contribution in [0.3, 0.4) is 0 Å². The van der Waals surface area contributed by atoms with E-state index in [1.165, 1.54) is 0 Å². The molecule has 0 aliphatic carbocycles. The molecule has 0 spiro atoms. The van der Waals surface area contributed by atoms with Gasteiger partial charge in [0.25, 0.3) is 0 Å². The Balaban J connectivity index is 1.14. The van der Waals surface area contributed by atoms with Crippen molar-refractivity contribution in [1.29, 1.82) is 5.26 Å². The molecule has 0 radical (unpaired) electrons. The molecule has 12 nitrogen and oxygen atoms in total. The van der Waals surface area contributed by atoms with Crippen LogP contribution in [0.1, 0.15) is 31.9 Å². The van der Waals surface area contributed by atoms with Gasteiger partial charge in [-0.15, -0.1) is 5.10 Å². The molecule has 1 saturated heterocycles. The molecule has 216 valence electrons. The number of hydrogen-bond acceptors (Lipinski definition) is 10. The zero-order valence-electron chi connectivity index (χ0n) is 24.2. The SMILES string of the molecule is CC(C)(C)OC(=O)N1CCN(c2cnc(-c3cccc(Cn4nnc5ncc(-c6cccc(C#N)c6)nc54)c3)nc2)CC1. The number of piperazine rings is 1. The summed E-state index contributed by atoms with van der Waals surface area (Å²) in [5.41, 5.74) is 5.25. The van der Waals surface area contributed by atoms with E-state index < -0.39 is 5.60 Å². The molecule has 1 amide bonds. The van der Waals surface area contributed by atoms with Crippen LogP contribution < -0.4 is 4.90 Å². The first-order valence-corrected chi connectivity index (χ1v) is 14.0. The maximum atomic E-state index is 12.4. The minimum absolute atomic E-state index is 0.282. The second-order valence-electron chi connectivity index (χ2n) is 11.3. The summed E-state index contributed by atoms with van der Waals surface area (Å²) in [6.45, 7) is 8.55. The minimum Gasteiger partial charge on any atom is -0.444 e. The van der Waals surface area contributed by atoms with E-state index in [1.54, 1.807) is 27.9 Å². The molecular weight excluding hydrogens is 544 g/mol. The van der Waals surface area contributed by atoms with Crippen molar-refractivity contribution < 1.29 is 9.53 Å². The Kier molecular flexibility index (Phi) is 7.38. The maximum absolute atomic E-state index is 12.4. The molecule has 0 saturated carbocycles. The average Bonchev–Trinajstić information content (AvgIpc) is 3.42. The lowest BCUT2D eigenvalue weighted by atomic mass is 10.1. The van der Waals surface area contributed by atoms with Gasteiger partial charge in [-0.05, 0) is 44.5 Å². The number of ether oxygens (including phenoxy) is 1. The van der Waals surface area contributed by atoms with E-state index in [0.29, 0.717) is 61.1 Å². The van der Waals surface area contributed by atoms with Gasteiger partial charge in [-0.25, -0.2) is 29.4 Å². The molecule has 1 aliphatic heterocycles. The summed E-state index contributed by atoms with van der Waals surface area (Å²) in [6, 6.07) is 17.4. The second kappa shape index (κ2) is 11.4. The zero-order chi connectivity index (χ0) is 30.0. The van der Waals surface area contributed by atoms with Crippen LogP contribution in [0.5, 0.6) is 0 Å². The molecule has 2 aromatic carbocycles. The smallest absolute Gasteiger partial charge is 0.410 e. The quantitative estimate of drug-likeness (QED) is 0.298. The lowest BCUT2D eigenvalue weighted by Gasteiger charge is -2.36. The Bertz CT molecular complexity index is 1810. The van der Waals surface area contributed by atoms with Gasteiger partial charge in [0.1, 0.15) is 5.60 Å². The Labute approximate surface area is 248 Å². The van der Waals surface area contributed by atoms with Crippen molar-refractivity contribution in [2.24, 2.45) is 0 Å². The third-order valence-electron chi connectivity index (χ3n) is 6.97. The minimum atomic E-state index is -0.512. The van der Waals surface area contributed by atoms with Gasteiger partial charge < -0.3 is 14.5 Å². The molecule has 43 heavy (non-hydrogen) atoms. The Morgan fingerprint density at radius 3 is 2.44 bits per heavy atom. The molecule has 3 aromatic heterocycles. The highest BCUT2D eigenvalue weighted by molar-refractivity contribution is 5.71. The van der Waals surface area contributed by atoms with E-state index in [2.05, 4.69) is 36.2 Å². The number of rotatable bonds is 5. The first-order valence-electron chi connectivity index (χ1n) is 14.0. The maximum Gasteiger partial charge on any atom is 0.410 e. The third kappa shape index (κ3) is 6.25. The van der Waals surface area contributed by atoms with Gasteiger partial charge >= 0.3 is 6.09 Å². The molecular formula is C31H30N10O2. The van der Waals surface area contributed by atoms with E-state index in [4.69, 9.17) is 9.72 Å². The molecule has 5 aromatic rings. The second-order valence-corrected chi connectivity index (χ2v) is 11.3. The Morgan fingerprint density at radius 1 is 0.953 bits per heavy atom. The van der Waals surface area contributed by atoms with Gasteiger partial charge in [0.15, 0.2) is 11.5 Å². The van der Waals surface area contributed by atoms with Crippen LogP contribution in [0.25, 0.3) is 33.9 Å². The first kappa shape index (κ1) is 27.7. The van der Waals surface area contributed by atoms with Crippen molar-refractivity contribution in [1.82, 2.24) is 39.8 Å². The predicted octanol–water partition coefficient (Wildman–Crippen LogP) is 4.32. The number of aromatic nitrogens is 7. The number of carbonyl (C=O) groups is 1. The van der Waals surface area contributed by atoms with Crippen LogP contribution in [0.2, 0.25) is 0 Å². The van der Waals surface area contributed by atoms with E-state index in [9.17, 15) is 10.1 Å². The monoisotopic (exact) mass is 574 g/mol. The Hall–Kier alpha value is -5.44. The third-order valence-corrected chi connectivity index (χ3v) is 6.97. The summed E-state index contributed by atoms with van der Waals surface area (Å²) in [4.78, 5) is 34.7. The molecule has 1 aliphatic rings. The lowest BCUT2D eigenvalue weighted by molar-refractivity contribution is 0.0240. The number of fused-ring (bicyclic) bond motifs is 1. The fourth-order valence-corrected chi connectivity index (χ4v) is 4.84. The topological polar surface area (TPSA) is 139 Å². The number of hydrogen-bond donors (Lipinski definition) is 0. The summed E-state index contributed by atoms with van der Waals surface area (Å²) in [5, 5.41) is 17.7. The first-order chi connectivity index (χ1) is 20.8. The number of nitriles is 1. The van der Waals surface area contributed by atoms with Crippen LogP contribution in [0.4, 0.5) is 10.5 Å². The summed E-state index contributed by atoms with van der Waals surface area (Å²) in [7, 11) is 0. The van der Waals surface area contributed by atoms with Gasteiger partial charge in [-0.2, -0.15) is 5.26 Å². The fourth-order valence-electron chi connectivity index (χ4n) is 4.84. The summed E-state index contributed by atoms with van der Waals surface area (Å²) in [6.07, 6.45) is 5.00. The molecule has 0 unspecified atom stereocenters. The lowest BCUT2D eigenvalue weighted by Crippen LogP contribution is -2.50. The predicted molar refractivity (Wildman–Crippen MR) is 160 cm³/mol. The van der Waals surface area contributed by atoms with Crippen molar-refractivity contribution in [2.75, 3.05) is 31.1 Å². The van der Waals surface area contributed by atoms with E-state index in [1.807, 2.05) is 69.6 Å². The largest absolute Gasteiger partial charge is 0.444 e. The highest BCUT2D eigenvalue weighted by Gasteiger charge is 2.26. The number of benzene rings is 2. The molecule has 1 fully saturated rings. The van der Waals surface area contributed by atoms with E-state index >= 15 is 0 Å². The summed E-state index contributed by atoms with van der Waals surface area (Å²) >= 11 is 0. The molecule has 0 bridgehead atoms. The van der Waals surface area contributed by atoms with E-state index in [0.717, 1.165) is 22.4 Å². The average molecular weight is 575 g/mol. The normalized spacial score (nSPS) is 13.6. The Morgan fingerprint density at radius 2 is 1.70 bits per heavy atom. The van der Waals surface area contributed by atoms with Crippen molar-refractivity contribution >= 4 is 23.1 Å². The highest BCUT2D eigenvalue weighted by Crippen LogP contribution is 2.23. The van der Waals surface area contributed by atoms with Crippen molar-refractivity contribution in [3.8, 4) is 28.7 Å². The van der Waals surface area contributed by atoms with Gasteiger partial charge in [0.2, 0.25) is 5.65 Å². The van der Waals surface area contributed by atoms with Crippen LogP contribution in [-0.2, 0) is 11.3 Å². The van der Waals surface area contributed by atoms with Crippen molar-refractivity contribution in [2.45, 2.75) is 32.9 Å². The van der Waals surface area contributed by atoms with Crippen LogP contribution in [0, 0.1) is 11.3 Å². The zero-order valence-corrected chi connectivity index (χ0v) is 24.2. The standard InChI is InChI=1S/C31H30N10O2/c1-31(2,3)43-30(42)40-12-10-39(11-13-40)25-17-33-27(34-18-25)24-9-5-7-22(15-24)20-41-29-28(37-38-41)35-19-26(36-29)23-8-4-6-21(14-23)16-32/h4-9,14-15,17-19H,10-13,20H2,1-3H3. The fraction of sp³-hybridized carbons (Fsp3) is 0.290. The van der Waals surface area contributed by atoms with Crippen LogP contribution >= 0.6 is 0 Å². The van der Waals surface area contributed by atoms with Crippen LogP contribution in [-0.4, -0.2) is 77.7 Å². The summed E-state index contributed by atoms with van der Waals surface area (Å²) < 4.78 is 7.20. The van der Waals surface area contributed by atoms with Gasteiger partial charge in [0, 0.05) is 37.3 Å². The summed E-state index contributed by atoms with van der Waals surface area (Å²) in [5.74, 6) is 0.612. The van der Waals surface area contributed by atoms with Gasteiger partial charge in [-0.3, -0.25) is 0 Å². The van der Waals surface area contributed by atoms with E-state index in [-0.39, 0.29) is 6.09 Å². The van der Waals surface area contributed by atoms with Crippen molar-refractivity contribution in [3.63, 3.8) is 0 Å². The number of anilines is 1. The van der Waals surface area contributed by atoms with Crippen molar-refractivity contribution in [3.05, 3.63) is 78.2 Å². The number of nitrogens with zero attached hydrogens (tertiary/aromatic N) is 10. The molecule has 0 atom stereocenters. The van der Waals surface area contributed by atoms with Gasteiger partial charge in [-0.1, -0.05) is 35.5 Å². The molecule has 0 N–H and O–H groups in total. The molecule has 4 heterocycles. The van der Waals surface area contributed by atoms with Crippen LogP contribution in [0.15, 0.2) is 67.1 Å². The molecule has 12 heteroatoms. The number of carbonyl (C=O) groups excluding carboxylic acids is 1.